The quantitative estimate of drug-likeness (QED) is 0.767. The molecule has 0 aromatic heterocycles. The van der Waals surface area contributed by atoms with Gasteiger partial charge in [0.25, 0.3) is 11.8 Å². The number of nitrogens with zero attached hydrogens (tertiary/aromatic N) is 2. The fraction of sp³-hybridized carbons (Fsp3) is 0.429. The van der Waals surface area contributed by atoms with Gasteiger partial charge in [0.15, 0.2) is 0 Å². The van der Waals surface area contributed by atoms with Crippen LogP contribution in [0.1, 0.15) is 32.8 Å². The number of halogens is 1. The molecule has 1 saturated heterocycles. The van der Waals surface area contributed by atoms with Gasteiger partial charge in [-0.25, -0.2) is 14.4 Å². The van der Waals surface area contributed by atoms with Crippen molar-refractivity contribution in [2.75, 3.05) is 0 Å². The summed E-state index contributed by atoms with van der Waals surface area (Å²) in [4.78, 5) is 23.8. The Morgan fingerprint density at radius 3 is 2.21 bits per heavy atom. The molecule has 1 aliphatic rings. The standard InChI is InChI=1S/C14H17FN2O2/c1-14(2,3)17-13(19)8-12(18)16(17)9-10-4-6-11(15)7-5-10/h4-7H,8-9H2,1-3H3. The lowest BCUT2D eigenvalue weighted by Crippen LogP contribution is -2.51. The molecule has 1 fully saturated rings. The van der Waals surface area contributed by atoms with Gasteiger partial charge in [-0.05, 0) is 38.5 Å². The lowest BCUT2D eigenvalue weighted by molar-refractivity contribution is -0.159. The zero-order chi connectivity index (χ0) is 14.2. The minimum absolute atomic E-state index is 0.0987. The second-order valence-electron chi connectivity index (χ2n) is 5.63. The fourth-order valence-corrected chi connectivity index (χ4v) is 2.20. The molecule has 2 amide bonds. The highest BCUT2D eigenvalue weighted by atomic mass is 19.1. The van der Waals surface area contributed by atoms with E-state index in [-0.39, 0.29) is 30.6 Å². The number of hydrazine groups is 1. The van der Waals surface area contributed by atoms with E-state index in [4.69, 9.17) is 0 Å². The van der Waals surface area contributed by atoms with E-state index in [2.05, 4.69) is 0 Å². The number of hydrogen-bond donors (Lipinski definition) is 0. The third kappa shape index (κ3) is 2.75. The molecule has 19 heavy (non-hydrogen) atoms. The summed E-state index contributed by atoms with van der Waals surface area (Å²) in [6.07, 6.45) is -0.0987. The van der Waals surface area contributed by atoms with E-state index in [1.807, 2.05) is 20.8 Å². The Morgan fingerprint density at radius 1 is 1.11 bits per heavy atom. The first-order valence-electron chi connectivity index (χ1n) is 6.17. The van der Waals surface area contributed by atoms with Crippen LogP contribution in [0.5, 0.6) is 0 Å². The fourth-order valence-electron chi connectivity index (χ4n) is 2.20. The average molecular weight is 264 g/mol. The van der Waals surface area contributed by atoms with Crippen molar-refractivity contribution in [1.29, 1.82) is 0 Å². The summed E-state index contributed by atoms with van der Waals surface area (Å²) in [5, 5.41) is 2.92. The van der Waals surface area contributed by atoms with Gasteiger partial charge in [0, 0.05) is 0 Å². The van der Waals surface area contributed by atoms with Crippen LogP contribution in [0.2, 0.25) is 0 Å². The number of hydrogen-bond acceptors (Lipinski definition) is 2. The topological polar surface area (TPSA) is 40.6 Å². The van der Waals surface area contributed by atoms with Crippen molar-refractivity contribution in [1.82, 2.24) is 10.0 Å². The van der Waals surface area contributed by atoms with Crippen LogP contribution in [-0.2, 0) is 16.1 Å². The lowest BCUT2D eigenvalue weighted by Gasteiger charge is -2.38. The summed E-state index contributed by atoms with van der Waals surface area (Å²) in [5.41, 5.74) is 0.335. The van der Waals surface area contributed by atoms with E-state index >= 15 is 0 Å². The Hall–Kier alpha value is -1.91. The summed E-state index contributed by atoms with van der Waals surface area (Å²) in [6, 6.07) is 5.93. The molecular formula is C14H17FN2O2. The predicted octanol–water partition coefficient (Wildman–Crippen LogP) is 2.10. The molecular weight excluding hydrogens is 247 g/mol. The van der Waals surface area contributed by atoms with E-state index in [1.54, 1.807) is 12.1 Å². The Bertz CT molecular complexity index is 505. The lowest BCUT2D eigenvalue weighted by atomic mass is 10.1. The highest BCUT2D eigenvalue weighted by molar-refractivity contribution is 6.02. The van der Waals surface area contributed by atoms with Crippen molar-refractivity contribution >= 4 is 11.8 Å². The molecule has 2 rings (SSSR count). The van der Waals surface area contributed by atoms with Crippen LogP contribution in [0, 0.1) is 5.82 Å². The highest BCUT2D eigenvalue weighted by Crippen LogP contribution is 2.26. The minimum atomic E-state index is -0.455. The second-order valence-corrected chi connectivity index (χ2v) is 5.63. The van der Waals surface area contributed by atoms with Gasteiger partial charge in [0.2, 0.25) is 0 Å². The SMILES string of the molecule is CC(C)(C)N1C(=O)CC(=O)N1Cc1ccc(F)cc1. The first kappa shape index (κ1) is 13.5. The summed E-state index contributed by atoms with van der Waals surface area (Å²) < 4.78 is 12.9. The van der Waals surface area contributed by atoms with Crippen molar-refractivity contribution < 1.29 is 14.0 Å². The van der Waals surface area contributed by atoms with Gasteiger partial charge in [-0.2, -0.15) is 0 Å². The van der Waals surface area contributed by atoms with E-state index in [1.165, 1.54) is 22.2 Å². The van der Waals surface area contributed by atoms with Crippen LogP contribution < -0.4 is 0 Å². The summed E-state index contributed by atoms with van der Waals surface area (Å²) in [6.45, 7) is 5.91. The third-order valence-electron chi connectivity index (χ3n) is 2.95. The maximum absolute atomic E-state index is 12.9. The molecule has 1 aromatic rings. The van der Waals surface area contributed by atoms with Gasteiger partial charge in [0.05, 0.1) is 12.1 Å². The molecule has 0 aliphatic carbocycles. The molecule has 0 bridgehead atoms. The Morgan fingerprint density at radius 2 is 1.68 bits per heavy atom. The molecule has 0 unspecified atom stereocenters. The van der Waals surface area contributed by atoms with Gasteiger partial charge in [0.1, 0.15) is 12.2 Å². The number of carbonyl (C=O) groups excluding carboxylic acids is 2. The monoisotopic (exact) mass is 264 g/mol. The first-order valence-corrected chi connectivity index (χ1v) is 6.17. The minimum Gasteiger partial charge on any atom is -0.272 e. The van der Waals surface area contributed by atoms with Crippen LogP contribution >= 0.6 is 0 Å². The Kier molecular flexibility index (Phi) is 3.30. The number of benzene rings is 1. The molecule has 0 saturated carbocycles. The molecule has 1 aliphatic heterocycles. The van der Waals surface area contributed by atoms with E-state index in [0.717, 1.165) is 5.56 Å². The molecule has 0 radical (unpaired) electrons. The van der Waals surface area contributed by atoms with Crippen LogP contribution in [0.25, 0.3) is 0 Å². The molecule has 102 valence electrons. The number of carbonyl (C=O) groups is 2. The zero-order valence-corrected chi connectivity index (χ0v) is 11.3. The average Bonchev–Trinajstić information content (AvgIpc) is 2.56. The smallest absolute Gasteiger partial charge is 0.251 e. The van der Waals surface area contributed by atoms with E-state index in [9.17, 15) is 14.0 Å². The zero-order valence-electron chi connectivity index (χ0n) is 11.3. The molecule has 0 atom stereocenters. The Balaban J connectivity index is 2.24. The predicted molar refractivity (Wildman–Crippen MR) is 68.2 cm³/mol. The molecule has 5 heteroatoms. The van der Waals surface area contributed by atoms with Crippen LogP contribution in [0.3, 0.4) is 0 Å². The summed E-state index contributed by atoms with van der Waals surface area (Å²) in [5.74, 6) is -0.732. The first-order chi connectivity index (χ1) is 8.79. The highest BCUT2D eigenvalue weighted by Gasteiger charge is 2.41. The van der Waals surface area contributed by atoms with Gasteiger partial charge < -0.3 is 0 Å². The van der Waals surface area contributed by atoms with E-state index in [0.29, 0.717) is 0 Å². The second kappa shape index (κ2) is 4.64. The maximum Gasteiger partial charge on any atom is 0.251 e. The molecule has 0 spiro atoms. The van der Waals surface area contributed by atoms with Crippen molar-refractivity contribution in [2.24, 2.45) is 0 Å². The number of rotatable bonds is 2. The number of amides is 2. The van der Waals surface area contributed by atoms with Crippen molar-refractivity contribution in [3.63, 3.8) is 0 Å². The molecule has 1 aromatic carbocycles. The van der Waals surface area contributed by atoms with Crippen molar-refractivity contribution in [2.45, 2.75) is 39.3 Å². The van der Waals surface area contributed by atoms with Crippen LogP contribution in [0.15, 0.2) is 24.3 Å². The summed E-state index contributed by atoms with van der Waals surface area (Å²) >= 11 is 0. The van der Waals surface area contributed by atoms with Gasteiger partial charge in [-0.3, -0.25) is 9.59 Å². The summed E-state index contributed by atoms with van der Waals surface area (Å²) in [7, 11) is 0. The Labute approximate surface area is 111 Å². The van der Waals surface area contributed by atoms with Crippen molar-refractivity contribution in [3.05, 3.63) is 35.6 Å². The van der Waals surface area contributed by atoms with Gasteiger partial charge in [-0.15, -0.1) is 0 Å². The molecule has 0 N–H and O–H groups in total. The van der Waals surface area contributed by atoms with Gasteiger partial charge in [-0.1, -0.05) is 12.1 Å². The van der Waals surface area contributed by atoms with Gasteiger partial charge >= 0.3 is 0 Å². The molecule has 4 nitrogen and oxygen atoms in total. The van der Waals surface area contributed by atoms with E-state index < -0.39 is 5.54 Å². The largest absolute Gasteiger partial charge is 0.272 e. The van der Waals surface area contributed by atoms with Crippen molar-refractivity contribution in [3.8, 4) is 0 Å². The maximum atomic E-state index is 12.9. The normalized spacial score (nSPS) is 16.4. The van der Waals surface area contributed by atoms with Crippen LogP contribution in [-0.4, -0.2) is 27.4 Å². The third-order valence-corrected chi connectivity index (χ3v) is 2.95. The van der Waals surface area contributed by atoms with Crippen LogP contribution in [0.4, 0.5) is 4.39 Å². The molecule has 1 heterocycles.